The third-order valence-corrected chi connectivity index (χ3v) is 2.69. The van der Waals surface area contributed by atoms with Crippen molar-refractivity contribution in [2.75, 3.05) is 5.43 Å². The number of nitro benzene ring substituents is 1. The molecule has 2 rings (SSSR count). The van der Waals surface area contributed by atoms with E-state index in [1.807, 2.05) is 0 Å². The van der Waals surface area contributed by atoms with Crippen molar-refractivity contribution in [3.05, 3.63) is 57.4 Å². The third-order valence-electron chi connectivity index (χ3n) is 2.40. The predicted octanol–water partition coefficient (Wildman–Crippen LogP) is 3.47. The second-order valence-corrected chi connectivity index (χ2v) is 4.20. The third kappa shape index (κ3) is 3.14. The van der Waals surface area contributed by atoms with Crippen LogP contribution in [0.5, 0.6) is 11.5 Å². The number of nitrogen functional groups attached to an aromatic ring is 1. The Bertz CT molecular complexity index is 666. The summed E-state index contributed by atoms with van der Waals surface area (Å²) in [7, 11) is 0. The fourth-order valence-electron chi connectivity index (χ4n) is 1.51. The van der Waals surface area contributed by atoms with Gasteiger partial charge in [-0.25, -0.2) is 4.39 Å². The zero-order valence-corrected chi connectivity index (χ0v) is 10.7. The largest absolute Gasteiger partial charge is 0.457 e. The summed E-state index contributed by atoms with van der Waals surface area (Å²) in [4.78, 5) is 10.2. The molecular formula is C12H9ClFN3O3. The molecule has 0 spiro atoms. The smallest absolute Gasteiger partial charge is 0.275 e. The Labute approximate surface area is 118 Å². The number of nitrogens with two attached hydrogens (primary N) is 1. The number of nitrogens with zero attached hydrogens (tertiary/aromatic N) is 1. The molecule has 2 aromatic rings. The van der Waals surface area contributed by atoms with Crippen LogP contribution in [-0.2, 0) is 0 Å². The van der Waals surface area contributed by atoms with Gasteiger partial charge in [0.15, 0.2) is 0 Å². The molecule has 0 heterocycles. The minimum atomic E-state index is -0.581. The normalized spacial score (nSPS) is 10.2. The molecule has 6 nitrogen and oxygen atoms in total. The van der Waals surface area contributed by atoms with Crippen molar-refractivity contribution >= 4 is 23.0 Å². The Morgan fingerprint density at radius 2 is 2.00 bits per heavy atom. The summed E-state index contributed by atoms with van der Waals surface area (Å²) in [5, 5.41) is 10.7. The number of anilines is 1. The summed E-state index contributed by atoms with van der Waals surface area (Å²) in [6, 6.07) is 7.70. The van der Waals surface area contributed by atoms with E-state index >= 15 is 0 Å². The number of hydrogen-bond acceptors (Lipinski definition) is 5. The number of nitro groups is 1. The van der Waals surface area contributed by atoms with Gasteiger partial charge in [-0.2, -0.15) is 0 Å². The Hall–Kier alpha value is -2.38. The van der Waals surface area contributed by atoms with E-state index in [9.17, 15) is 14.5 Å². The van der Waals surface area contributed by atoms with Gasteiger partial charge in [0.1, 0.15) is 17.3 Å². The number of halogens is 2. The van der Waals surface area contributed by atoms with Gasteiger partial charge in [-0.15, -0.1) is 0 Å². The van der Waals surface area contributed by atoms with Crippen LogP contribution in [-0.4, -0.2) is 4.92 Å². The fourth-order valence-corrected chi connectivity index (χ4v) is 1.68. The maximum Gasteiger partial charge on any atom is 0.275 e. The van der Waals surface area contributed by atoms with E-state index in [2.05, 4.69) is 5.43 Å². The Morgan fingerprint density at radius 1 is 1.25 bits per heavy atom. The van der Waals surface area contributed by atoms with Crippen molar-refractivity contribution in [2.45, 2.75) is 0 Å². The summed E-state index contributed by atoms with van der Waals surface area (Å²) in [6.45, 7) is 0. The van der Waals surface area contributed by atoms with E-state index in [-0.39, 0.29) is 22.2 Å². The highest BCUT2D eigenvalue weighted by atomic mass is 35.5. The molecule has 2 aromatic carbocycles. The van der Waals surface area contributed by atoms with Gasteiger partial charge in [-0.1, -0.05) is 11.6 Å². The molecule has 0 aliphatic carbocycles. The maximum atomic E-state index is 13.0. The average molecular weight is 298 g/mol. The zero-order chi connectivity index (χ0) is 14.7. The van der Waals surface area contributed by atoms with Crippen molar-refractivity contribution in [1.82, 2.24) is 0 Å². The van der Waals surface area contributed by atoms with Crippen LogP contribution in [0, 0.1) is 15.9 Å². The summed E-state index contributed by atoms with van der Waals surface area (Å²) in [5.41, 5.74) is 2.42. The first-order chi connectivity index (χ1) is 9.49. The lowest BCUT2D eigenvalue weighted by Crippen LogP contribution is -2.07. The molecule has 8 heteroatoms. The van der Waals surface area contributed by atoms with Gasteiger partial charge in [0.2, 0.25) is 0 Å². The lowest BCUT2D eigenvalue weighted by atomic mass is 10.2. The number of hydrogen-bond donors (Lipinski definition) is 2. The Kier molecular flexibility index (Phi) is 4.02. The summed E-state index contributed by atoms with van der Waals surface area (Å²) in [6.07, 6.45) is 0. The van der Waals surface area contributed by atoms with Crippen LogP contribution in [0.1, 0.15) is 0 Å². The van der Waals surface area contributed by atoms with Gasteiger partial charge >= 0.3 is 0 Å². The van der Waals surface area contributed by atoms with Crippen LogP contribution in [0.3, 0.4) is 0 Å². The molecule has 104 valence electrons. The molecule has 0 aromatic heterocycles. The fraction of sp³-hybridized carbons (Fsp3) is 0. The number of hydrazine groups is 1. The first kappa shape index (κ1) is 14.0. The van der Waals surface area contributed by atoms with Gasteiger partial charge in [0, 0.05) is 18.2 Å². The highest BCUT2D eigenvalue weighted by Crippen LogP contribution is 2.30. The second-order valence-electron chi connectivity index (χ2n) is 3.80. The van der Waals surface area contributed by atoms with Crippen molar-refractivity contribution < 1.29 is 14.1 Å². The molecule has 0 saturated carbocycles. The molecule has 0 saturated heterocycles. The molecule has 0 atom stereocenters. The van der Waals surface area contributed by atoms with Crippen molar-refractivity contribution in [2.24, 2.45) is 5.84 Å². The van der Waals surface area contributed by atoms with E-state index in [4.69, 9.17) is 22.2 Å². The van der Waals surface area contributed by atoms with Crippen LogP contribution < -0.4 is 16.0 Å². The van der Waals surface area contributed by atoms with Crippen LogP contribution >= 0.6 is 11.6 Å². The molecule has 0 bridgehead atoms. The van der Waals surface area contributed by atoms with E-state index < -0.39 is 10.7 Å². The predicted molar refractivity (Wildman–Crippen MR) is 72.4 cm³/mol. The first-order valence-electron chi connectivity index (χ1n) is 5.38. The van der Waals surface area contributed by atoms with Crippen molar-refractivity contribution in [3.8, 4) is 11.5 Å². The summed E-state index contributed by atoms with van der Waals surface area (Å²) >= 11 is 5.62. The maximum absolute atomic E-state index is 13.0. The average Bonchev–Trinajstić information content (AvgIpc) is 2.42. The number of rotatable bonds is 4. The van der Waals surface area contributed by atoms with E-state index in [0.29, 0.717) is 5.69 Å². The van der Waals surface area contributed by atoms with Gasteiger partial charge in [0.05, 0.1) is 21.7 Å². The first-order valence-corrected chi connectivity index (χ1v) is 5.76. The topological polar surface area (TPSA) is 90.4 Å². The minimum absolute atomic E-state index is 0.106. The van der Waals surface area contributed by atoms with Gasteiger partial charge < -0.3 is 10.2 Å². The van der Waals surface area contributed by atoms with Crippen molar-refractivity contribution in [3.63, 3.8) is 0 Å². The monoisotopic (exact) mass is 297 g/mol. The quantitative estimate of drug-likeness (QED) is 0.512. The standard InChI is InChI=1S/C12H9ClFN3O3/c13-11-6-9(1-2-12(11)14)20-10-4-7(16-15)3-8(5-10)17(18)19/h1-6,16H,15H2. The SMILES string of the molecule is NNc1cc(Oc2ccc(F)c(Cl)c2)cc([N+](=O)[O-])c1. The van der Waals surface area contributed by atoms with E-state index in [1.165, 1.54) is 30.3 Å². The zero-order valence-electron chi connectivity index (χ0n) is 9.97. The molecule has 20 heavy (non-hydrogen) atoms. The van der Waals surface area contributed by atoms with Crippen LogP contribution in [0.2, 0.25) is 5.02 Å². The van der Waals surface area contributed by atoms with E-state index in [1.54, 1.807) is 0 Å². The molecule has 0 fully saturated rings. The van der Waals surface area contributed by atoms with Crippen molar-refractivity contribution in [1.29, 1.82) is 0 Å². The molecule has 0 aliphatic rings. The Balaban J connectivity index is 2.34. The number of benzene rings is 2. The minimum Gasteiger partial charge on any atom is -0.457 e. The lowest BCUT2D eigenvalue weighted by Gasteiger charge is -2.08. The van der Waals surface area contributed by atoms with Crippen LogP contribution in [0.4, 0.5) is 15.8 Å². The Morgan fingerprint density at radius 3 is 2.60 bits per heavy atom. The summed E-state index contributed by atoms with van der Waals surface area (Å²) < 4.78 is 18.4. The molecule has 0 aliphatic heterocycles. The molecule has 0 amide bonds. The lowest BCUT2D eigenvalue weighted by molar-refractivity contribution is -0.384. The van der Waals surface area contributed by atoms with Crippen LogP contribution in [0.15, 0.2) is 36.4 Å². The number of ether oxygens (including phenoxy) is 1. The highest BCUT2D eigenvalue weighted by Gasteiger charge is 2.11. The second kappa shape index (κ2) is 5.72. The molecule has 0 radical (unpaired) electrons. The molecule has 3 N–H and O–H groups in total. The van der Waals surface area contributed by atoms with Crippen LogP contribution in [0.25, 0.3) is 0 Å². The number of non-ortho nitro benzene ring substituents is 1. The van der Waals surface area contributed by atoms with Gasteiger partial charge in [0.25, 0.3) is 5.69 Å². The molecule has 0 unspecified atom stereocenters. The number of nitrogens with one attached hydrogen (secondary N) is 1. The molecular weight excluding hydrogens is 289 g/mol. The van der Waals surface area contributed by atoms with E-state index in [0.717, 1.165) is 6.07 Å². The highest BCUT2D eigenvalue weighted by molar-refractivity contribution is 6.30. The van der Waals surface area contributed by atoms with Gasteiger partial charge in [-0.3, -0.25) is 16.0 Å². The summed E-state index contributed by atoms with van der Waals surface area (Å²) in [5.74, 6) is 5.07. The van der Waals surface area contributed by atoms with Gasteiger partial charge in [-0.05, 0) is 12.1 Å².